The van der Waals surface area contributed by atoms with Crippen molar-refractivity contribution in [3.8, 4) is 0 Å². The molecule has 1 aromatic heterocycles. The van der Waals surface area contributed by atoms with Gasteiger partial charge in [0.15, 0.2) is 11.6 Å². The third kappa shape index (κ3) is 2.77. The highest BCUT2D eigenvalue weighted by Crippen LogP contribution is 2.29. The van der Waals surface area contributed by atoms with Crippen molar-refractivity contribution in [1.82, 2.24) is 9.97 Å². The smallest absolute Gasteiger partial charge is 0.186 e. The Morgan fingerprint density at radius 2 is 2.11 bits per heavy atom. The second kappa shape index (κ2) is 6.09. The van der Waals surface area contributed by atoms with Crippen LogP contribution in [0, 0.1) is 12.7 Å². The molecular formula is C13H21FN4. The minimum Gasteiger partial charge on any atom is -0.351 e. The lowest BCUT2D eigenvalue weighted by molar-refractivity contribution is 0.545. The van der Waals surface area contributed by atoms with Gasteiger partial charge in [0.1, 0.15) is 6.33 Å². The molecule has 1 saturated carbocycles. The molecule has 1 aliphatic rings. The van der Waals surface area contributed by atoms with Crippen molar-refractivity contribution in [1.29, 1.82) is 0 Å². The highest BCUT2D eigenvalue weighted by molar-refractivity contribution is 5.42. The Hall–Kier alpha value is -1.23. The zero-order valence-corrected chi connectivity index (χ0v) is 10.9. The average Bonchev–Trinajstić information content (AvgIpc) is 2.88. The van der Waals surface area contributed by atoms with E-state index >= 15 is 0 Å². The van der Waals surface area contributed by atoms with E-state index in [2.05, 4.69) is 14.9 Å². The lowest BCUT2D eigenvalue weighted by Crippen LogP contribution is -2.36. The van der Waals surface area contributed by atoms with Gasteiger partial charge < -0.3 is 10.6 Å². The third-order valence-corrected chi connectivity index (χ3v) is 3.59. The van der Waals surface area contributed by atoms with Gasteiger partial charge in [-0.1, -0.05) is 12.8 Å². The van der Waals surface area contributed by atoms with Gasteiger partial charge in [-0.2, -0.15) is 0 Å². The summed E-state index contributed by atoms with van der Waals surface area (Å²) in [4.78, 5) is 10.1. The largest absolute Gasteiger partial charge is 0.351 e. The Balaban J connectivity index is 2.23. The van der Waals surface area contributed by atoms with Gasteiger partial charge in [0.05, 0.1) is 5.69 Å². The van der Waals surface area contributed by atoms with Crippen LogP contribution < -0.4 is 10.6 Å². The van der Waals surface area contributed by atoms with E-state index in [4.69, 9.17) is 5.73 Å². The number of hydrogen-bond acceptors (Lipinski definition) is 4. The van der Waals surface area contributed by atoms with Crippen molar-refractivity contribution in [2.45, 2.75) is 45.1 Å². The van der Waals surface area contributed by atoms with E-state index < -0.39 is 0 Å². The Labute approximate surface area is 107 Å². The molecule has 100 valence electrons. The molecule has 0 saturated heterocycles. The van der Waals surface area contributed by atoms with Gasteiger partial charge in [0.2, 0.25) is 0 Å². The maximum absolute atomic E-state index is 14.1. The Morgan fingerprint density at radius 3 is 2.78 bits per heavy atom. The molecule has 1 fully saturated rings. The molecule has 0 spiro atoms. The molecule has 1 heterocycles. The number of aromatic nitrogens is 2. The molecule has 5 heteroatoms. The SMILES string of the molecule is Cc1ncnc(N(CCCN)C2CCCC2)c1F. The Kier molecular flexibility index (Phi) is 4.47. The molecule has 18 heavy (non-hydrogen) atoms. The molecule has 1 aliphatic carbocycles. The van der Waals surface area contributed by atoms with Gasteiger partial charge in [-0.25, -0.2) is 14.4 Å². The Morgan fingerprint density at radius 1 is 1.39 bits per heavy atom. The molecule has 0 amide bonds. The summed E-state index contributed by atoms with van der Waals surface area (Å²) in [6.07, 6.45) is 6.97. The quantitative estimate of drug-likeness (QED) is 0.871. The highest BCUT2D eigenvalue weighted by Gasteiger charge is 2.26. The fourth-order valence-electron chi connectivity index (χ4n) is 2.58. The maximum atomic E-state index is 14.1. The summed E-state index contributed by atoms with van der Waals surface area (Å²) in [6, 6.07) is 0.403. The second-order valence-corrected chi connectivity index (χ2v) is 4.87. The highest BCUT2D eigenvalue weighted by atomic mass is 19.1. The molecule has 2 N–H and O–H groups in total. The molecule has 4 nitrogen and oxygen atoms in total. The van der Waals surface area contributed by atoms with E-state index in [1.54, 1.807) is 6.92 Å². The first-order chi connectivity index (χ1) is 8.74. The molecule has 0 radical (unpaired) electrons. The van der Waals surface area contributed by atoms with E-state index in [1.165, 1.54) is 19.2 Å². The molecular weight excluding hydrogens is 231 g/mol. The van der Waals surface area contributed by atoms with E-state index in [-0.39, 0.29) is 5.82 Å². The number of halogens is 1. The fraction of sp³-hybridized carbons (Fsp3) is 0.692. The van der Waals surface area contributed by atoms with Crippen LogP contribution in [0.1, 0.15) is 37.8 Å². The second-order valence-electron chi connectivity index (χ2n) is 4.87. The standard InChI is InChI=1S/C13H21FN4/c1-10-12(14)13(17-9-16-10)18(8-4-7-15)11-5-2-3-6-11/h9,11H,2-8,15H2,1H3. The predicted octanol–water partition coefficient (Wildman–Crippen LogP) is 2.02. The van der Waals surface area contributed by atoms with Crippen molar-refractivity contribution >= 4 is 5.82 Å². The van der Waals surface area contributed by atoms with Gasteiger partial charge in [0, 0.05) is 12.6 Å². The number of nitrogens with zero attached hydrogens (tertiary/aromatic N) is 3. The zero-order chi connectivity index (χ0) is 13.0. The van der Waals surface area contributed by atoms with Crippen LogP contribution in [0.15, 0.2) is 6.33 Å². The average molecular weight is 252 g/mol. The number of aryl methyl sites for hydroxylation is 1. The van der Waals surface area contributed by atoms with Gasteiger partial charge >= 0.3 is 0 Å². The van der Waals surface area contributed by atoms with Crippen LogP contribution in [0.4, 0.5) is 10.2 Å². The predicted molar refractivity (Wildman–Crippen MR) is 70.0 cm³/mol. The van der Waals surface area contributed by atoms with Crippen LogP contribution >= 0.6 is 0 Å². The van der Waals surface area contributed by atoms with E-state index in [0.29, 0.717) is 24.1 Å². The summed E-state index contributed by atoms with van der Waals surface area (Å²) >= 11 is 0. The molecule has 2 rings (SSSR count). The van der Waals surface area contributed by atoms with E-state index in [1.807, 2.05) is 0 Å². The lowest BCUT2D eigenvalue weighted by Gasteiger charge is -2.30. The van der Waals surface area contributed by atoms with Crippen LogP contribution in [0.25, 0.3) is 0 Å². The lowest BCUT2D eigenvalue weighted by atomic mass is 10.2. The van der Waals surface area contributed by atoms with Crippen LogP contribution in [0.2, 0.25) is 0 Å². The number of anilines is 1. The summed E-state index contributed by atoms with van der Waals surface area (Å²) in [5.41, 5.74) is 5.98. The molecule has 1 aromatic rings. The number of nitrogens with two attached hydrogens (primary N) is 1. The van der Waals surface area contributed by atoms with Crippen molar-refractivity contribution in [2.75, 3.05) is 18.0 Å². The summed E-state index contributed by atoms with van der Waals surface area (Å²) in [5, 5.41) is 0. The molecule has 0 atom stereocenters. The zero-order valence-electron chi connectivity index (χ0n) is 10.9. The van der Waals surface area contributed by atoms with E-state index in [9.17, 15) is 4.39 Å². The fourth-order valence-corrected chi connectivity index (χ4v) is 2.58. The normalized spacial score (nSPS) is 16.2. The number of hydrogen-bond donors (Lipinski definition) is 1. The van der Waals surface area contributed by atoms with Crippen molar-refractivity contribution in [3.63, 3.8) is 0 Å². The van der Waals surface area contributed by atoms with Crippen LogP contribution in [-0.4, -0.2) is 29.1 Å². The van der Waals surface area contributed by atoms with Gasteiger partial charge in [-0.15, -0.1) is 0 Å². The van der Waals surface area contributed by atoms with Gasteiger partial charge in [-0.05, 0) is 32.7 Å². The Bertz CT molecular complexity index is 391. The molecule has 0 bridgehead atoms. The molecule has 0 unspecified atom stereocenters. The summed E-state index contributed by atoms with van der Waals surface area (Å²) in [6.45, 7) is 3.07. The minimum atomic E-state index is -0.290. The van der Waals surface area contributed by atoms with Crippen molar-refractivity contribution in [3.05, 3.63) is 17.8 Å². The first-order valence-corrected chi connectivity index (χ1v) is 6.68. The monoisotopic (exact) mass is 252 g/mol. The van der Waals surface area contributed by atoms with Crippen LogP contribution in [-0.2, 0) is 0 Å². The van der Waals surface area contributed by atoms with Gasteiger partial charge in [-0.3, -0.25) is 0 Å². The van der Waals surface area contributed by atoms with Crippen molar-refractivity contribution in [2.24, 2.45) is 5.73 Å². The summed E-state index contributed by atoms with van der Waals surface area (Å²) in [7, 11) is 0. The summed E-state index contributed by atoms with van der Waals surface area (Å²) in [5.74, 6) is 0.157. The topological polar surface area (TPSA) is 55.0 Å². The number of rotatable bonds is 5. The first kappa shape index (κ1) is 13.2. The van der Waals surface area contributed by atoms with E-state index in [0.717, 1.165) is 25.8 Å². The third-order valence-electron chi connectivity index (χ3n) is 3.59. The van der Waals surface area contributed by atoms with Gasteiger partial charge in [0.25, 0.3) is 0 Å². The van der Waals surface area contributed by atoms with Crippen LogP contribution in [0.3, 0.4) is 0 Å². The summed E-state index contributed by atoms with van der Waals surface area (Å²) < 4.78 is 14.1. The molecule has 0 aromatic carbocycles. The van der Waals surface area contributed by atoms with Crippen LogP contribution in [0.5, 0.6) is 0 Å². The first-order valence-electron chi connectivity index (χ1n) is 6.68. The molecule has 0 aliphatic heterocycles. The maximum Gasteiger partial charge on any atom is 0.186 e. The van der Waals surface area contributed by atoms with Crippen molar-refractivity contribution < 1.29 is 4.39 Å². The minimum absolute atomic E-state index is 0.290.